The van der Waals surface area contributed by atoms with Crippen LogP contribution in [0.5, 0.6) is 5.75 Å². The van der Waals surface area contributed by atoms with Gasteiger partial charge in [0.1, 0.15) is 5.75 Å². The van der Waals surface area contributed by atoms with E-state index in [-0.39, 0.29) is 17.4 Å². The van der Waals surface area contributed by atoms with Gasteiger partial charge in [-0.1, -0.05) is 30.0 Å². The number of benzene rings is 2. The lowest BCUT2D eigenvalue weighted by Gasteiger charge is -2.11. The molecule has 2 aromatic carbocycles. The van der Waals surface area contributed by atoms with Crippen LogP contribution in [-0.4, -0.2) is 49.4 Å². The molecule has 0 bridgehead atoms. The summed E-state index contributed by atoms with van der Waals surface area (Å²) < 4.78 is 8.38. The highest BCUT2D eigenvalue weighted by Crippen LogP contribution is 2.23. The van der Waals surface area contributed by atoms with E-state index in [4.69, 9.17) is 4.74 Å². The van der Waals surface area contributed by atoms with Crippen LogP contribution in [0.1, 0.15) is 32.1 Å². The highest BCUT2D eigenvalue weighted by atomic mass is 32.2. The Balaban J connectivity index is 1.46. The smallest absolute Gasteiger partial charge is 0.270 e. The van der Waals surface area contributed by atoms with Crippen molar-refractivity contribution >= 4 is 23.5 Å². The molecule has 2 aromatic heterocycles. The molecule has 9 nitrogen and oxygen atoms in total. The van der Waals surface area contributed by atoms with Gasteiger partial charge in [-0.25, -0.2) is 0 Å². The molecule has 0 spiro atoms. The van der Waals surface area contributed by atoms with E-state index in [2.05, 4.69) is 21.0 Å². The molecule has 1 N–H and O–H groups in total. The number of nitrogens with one attached hydrogen (secondary N) is 1. The Labute approximate surface area is 194 Å². The zero-order chi connectivity index (χ0) is 23.4. The lowest BCUT2D eigenvalue weighted by Crippen LogP contribution is -2.25. The van der Waals surface area contributed by atoms with Crippen LogP contribution in [0.25, 0.3) is 5.69 Å². The average Bonchev–Trinajstić information content (AvgIpc) is 3.43. The van der Waals surface area contributed by atoms with Crippen molar-refractivity contribution in [3.63, 3.8) is 0 Å². The molecule has 4 rings (SSSR count). The number of hydrogen-bond donors (Lipinski definition) is 1. The zero-order valence-electron chi connectivity index (χ0n) is 18.3. The Morgan fingerprint density at radius 1 is 1.06 bits per heavy atom. The van der Waals surface area contributed by atoms with Crippen molar-refractivity contribution in [3.8, 4) is 11.4 Å². The largest absolute Gasteiger partial charge is 0.497 e. The van der Waals surface area contributed by atoms with Crippen LogP contribution in [0.3, 0.4) is 0 Å². The lowest BCUT2D eigenvalue weighted by molar-refractivity contribution is 0.0999. The van der Waals surface area contributed by atoms with Crippen LogP contribution in [0.2, 0.25) is 0 Å². The van der Waals surface area contributed by atoms with Crippen molar-refractivity contribution in [2.45, 2.75) is 19.0 Å². The van der Waals surface area contributed by atoms with Gasteiger partial charge in [-0.15, -0.1) is 5.10 Å². The number of amides is 1. The number of hydrogen-bond acceptors (Lipinski definition) is 7. The molecule has 33 heavy (non-hydrogen) atoms. The van der Waals surface area contributed by atoms with Crippen LogP contribution in [0.4, 0.5) is 0 Å². The van der Waals surface area contributed by atoms with Crippen molar-refractivity contribution < 1.29 is 14.3 Å². The maximum atomic E-state index is 13.0. The Hall–Kier alpha value is -3.92. The zero-order valence-corrected chi connectivity index (χ0v) is 19.2. The van der Waals surface area contributed by atoms with E-state index in [0.717, 1.165) is 17.1 Å². The summed E-state index contributed by atoms with van der Waals surface area (Å²) in [5.41, 5.74) is 6.11. The van der Waals surface area contributed by atoms with Crippen LogP contribution < -0.4 is 10.2 Å². The Kier molecular flexibility index (Phi) is 6.55. The van der Waals surface area contributed by atoms with Gasteiger partial charge in [-0.05, 0) is 66.7 Å². The first-order valence-electron chi connectivity index (χ1n) is 10.1. The van der Waals surface area contributed by atoms with Gasteiger partial charge in [0.2, 0.25) is 5.16 Å². The predicted molar refractivity (Wildman–Crippen MR) is 125 cm³/mol. The van der Waals surface area contributed by atoms with Crippen molar-refractivity contribution in [1.29, 1.82) is 0 Å². The molecule has 0 atom stereocenters. The summed E-state index contributed by atoms with van der Waals surface area (Å²) in [7, 11) is 1.60. The molecule has 1 amide bonds. The highest BCUT2D eigenvalue weighted by molar-refractivity contribution is 7.99. The van der Waals surface area contributed by atoms with E-state index in [1.54, 1.807) is 53.7 Å². The molecule has 10 heteroatoms. The third kappa shape index (κ3) is 4.80. The normalized spacial score (nSPS) is 10.8. The van der Waals surface area contributed by atoms with Gasteiger partial charge in [-0.2, -0.15) is 4.68 Å². The quantitative estimate of drug-likeness (QED) is 0.316. The number of aryl methyl sites for hydroxylation is 1. The molecule has 0 aliphatic rings. The second-order valence-corrected chi connectivity index (χ2v) is 8.15. The van der Waals surface area contributed by atoms with E-state index in [9.17, 15) is 9.59 Å². The second kappa shape index (κ2) is 9.70. The molecule has 0 saturated carbocycles. The lowest BCUT2D eigenvalue weighted by atomic mass is 10.2. The summed E-state index contributed by atoms with van der Waals surface area (Å²) in [6, 6.07) is 18.0. The molecular formula is C23H22N6O3S. The number of ether oxygens (including phenoxy) is 1. The molecular weight excluding hydrogens is 440 g/mol. The van der Waals surface area contributed by atoms with Crippen LogP contribution >= 0.6 is 11.8 Å². The first-order valence-corrected chi connectivity index (χ1v) is 11.1. The number of nitrogens with zero attached hydrogens (tertiary/aromatic N) is 5. The molecule has 168 valence electrons. The van der Waals surface area contributed by atoms with Crippen molar-refractivity contribution in [2.24, 2.45) is 0 Å². The molecule has 0 saturated heterocycles. The Bertz CT molecular complexity index is 1280. The van der Waals surface area contributed by atoms with Gasteiger partial charge in [-0.3, -0.25) is 19.7 Å². The fourth-order valence-electron chi connectivity index (χ4n) is 3.34. The first-order chi connectivity index (χ1) is 16.0. The minimum Gasteiger partial charge on any atom is -0.497 e. The number of carbonyl (C=O) groups is 2. The maximum Gasteiger partial charge on any atom is 0.270 e. The van der Waals surface area contributed by atoms with Gasteiger partial charge in [0, 0.05) is 22.5 Å². The number of rotatable bonds is 8. The minimum absolute atomic E-state index is 0.0856. The molecule has 0 unspecified atom stereocenters. The van der Waals surface area contributed by atoms with Gasteiger partial charge in [0.15, 0.2) is 5.78 Å². The van der Waals surface area contributed by atoms with Gasteiger partial charge >= 0.3 is 0 Å². The van der Waals surface area contributed by atoms with E-state index < -0.39 is 0 Å². The Morgan fingerprint density at radius 2 is 1.79 bits per heavy atom. The van der Waals surface area contributed by atoms with E-state index in [1.165, 1.54) is 11.8 Å². The van der Waals surface area contributed by atoms with E-state index in [0.29, 0.717) is 22.0 Å². The number of tetrazole rings is 1. The molecule has 0 fully saturated rings. The van der Waals surface area contributed by atoms with Gasteiger partial charge in [0.25, 0.3) is 5.91 Å². The summed E-state index contributed by atoms with van der Waals surface area (Å²) in [5, 5.41) is 12.3. The van der Waals surface area contributed by atoms with E-state index >= 15 is 0 Å². The number of aromatic nitrogens is 5. The molecule has 0 radical (unpaired) electrons. The van der Waals surface area contributed by atoms with Crippen molar-refractivity contribution in [2.75, 3.05) is 18.3 Å². The fourth-order valence-corrected chi connectivity index (χ4v) is 4.11. The summed E-state index contributed by atoms with van der Waals surface area (Å²) in [6.45, 7) is 3.64. The number of Topliss-reactive ketones (excluding diaryl/α,β-unsaturated/α-hetero) is 1. The van der Waals surface area contributed by atoms with Crippen molar-refractivity contribution in [3.05, 3.63) is 83.2 Å². The van der Waals surface area contributed by atoms with Crippen LogP contribution in [-0.2, 0) is 0 Å². The highest BCUT2D eigenvalue weighted by Gasteiger charge is 2.19. The average molecular weight is 463 g/mol. The van der Waals surface area contributed by atoms with Crippen molar-refractivity contribution in [1.82, 2.24) is 24.9 Å². The summed E-state index contributed by atoms with van der Waals surface area (Å²) in [4.78, 5) is 25.5. The number of carbonyl (C=O) groups excluding carboxylic acids is 2. The predicted octanol–water partition coefficient (Wildman–Crippen LogP) is 3.45. The molecule has 0 aliphatic heterocycles. The molecule has 4 aromatic rings. The number of methoxy groups -OCH3 is 1. The van der Waals surface area contributed by atoms with Gasteiger partial charge in [0.05, 0.1) is 18.6 Å². The standard InChI is InChI=1S/C23H22N6O3S/c1-15-13-20(16(2)28(15)25-22(31)17-7-5-4-6-8-17)21(30)14-33-23-24-26-27-29(23)18-9-11-19(32-3)12-10-18/h4-13H,14H2,1-3H3,(H,25,31). The maximum absolute atomic E-state index is 13.0. The van der Waals surface area contributed by atoms with E-state index in [1.807, 2.05) is 37.3 Å². The topological polar surface area (TPSA) is 104 Å². The number of thioether (sulfide) groups is 1. The second-order valence-electron chi connectivity index (χ2n) is 7.21. The van der Waals surface area contributed by atoms with Crippen LogP contribution in [0.15, 0.2) is 65.8 Å². The number of ketones is 1. The molecule has 2 heterocycles. The Morgan fingerprint density at radius 3 is 2.48 bits per heavy atom. The summed E-state index contributed by atoms with van der Waals surface area (Å²) in [6.07, 6.45) is 0. The monoisotopic (exact) mass is 462 g/mol. The third-order valence-electron chi connectivity index (χ3n) is 5.07. The molecule has 0 aliphatic carbocycles. The summed E-state index contributed by atoms with van der Waals surface area (Å²) in [5.74, 6) is 0.543. The first kappa shape index (κ1) is 22.3. The fraction of sp³-hybridized carbons (Fsp3) is 0.174. The summed E-state index contributed by atoms with van der Waals surface area (Å²) >= 11 is 1.25. The minimum atomic E-state index is -0.246. The van der Waals surface area contributed by atoms with Gasteiger partial charge < -0.3 is 4.74 Å². The van der Waals surface area contributed by atoms with Crippen LogP contribution in [0, 0.1) is 13.8 Å². The third-order valence-corrected chi connectivity index (χ3v) is 5.99. The SMILES string of the molecule is COc1ccc(-n2nnnc2SCC(=O)c2cc(C)n(NC(=O)c3ccccc3)c2C)cc1.